The van der Waals surface area contributed by atoms with Crippen LogP contribution in [-0.4, -0.2) is 23.9 Å². The number of thiol groups is 2. The van der Waals surface area contributed by atoms with E-state index in [0.717, 1.165) is 0 Å². The minimum Gasteiger partial charge on any atom is -0.317 e. The van der Waals surface area contributed by atoms with Crippen molar-refractivity contribution in [2.45, 2.75) is 12.3 Å². The van der Waals surface area contributed by atoms with Crippen LogP contribution in [-0.2, 0) is 4.79 Å². The zero-order valence-electron chi connectivity index (χ0n) is 6.89. The van der Waals surface area contributed by atoms with Crippen LogP contribution in [0.3, 0.4) is 0 Å². The Hall–Kier alpha value is 0.190. The molecule has 1 aliphatic rings. The van der Waals surface area contributed by atoms with Gasteiger partial charge in [-0.05, 0) is 6.26 Å². The lowest BCUT2D eigenvalue weighted by Gasteiger charge is -2.35. The molecule has 2 atom stereocenters. The Labute approximate surface area is 83.3 Å². The van der Waals surface area contributed by atoms with Gasteiger partial charge in [-0.15, -0.1) is 31.4 Å². The van der Waals surface area contributed by atoms with Crippen LogP contribution in [0.2, 0.25) is 0 Å². The second-order valence-electron chi connectivity index (χ2n) is 2.86. The maximum Gasteiger partial charge on any atom is 0.230 e. The maximum absolute atomic E-state index is 11.2. The Morgan fingerprint density at radius 3 is 2.67 bits per heavy atom. The molecular formula is C6H12N2OS3. The molecule has 0 fully saturated rings. The topological polar surface area (TPSA) is 41.5 Å². The second kappa shape index (κ2) is 3.51. The van der Waals surface area contributed by atoms with Crippen molar-refractivity contribution in [3.63, 3.8) is 0 Å². The molecule has 6 heteroatoms. The third-order valence-electron chi connectivity index (χ3n) is 1.73. The van der Waals surface area contributed by atoms with Crippen molar-refractivity contribution in [2.75, 3.05) is 6.26 Å². The molecule has 0 radical (unpaired) electrons. The first-order valence-electron chi connectivity index (χ1n) is 3.47. The number of hydrogen-bond acceptors (Lipinski definition) is 4. The summed E-state index contributed by atoms with van der Waals surface area (Å²) in [6.07, 6.45) is 3.35. The lowest BCUT2D eigenvalue weighted by Crippen LogP contribution is -2.39. The van der Waals surface area contributed by atoms with Crippen molar-refractivity contribution in [1.29, 1.82) is 0 Å². The molecule has 1 amide bonds. The van der Waals surface area contributed by atoms with Gasteiger partial charge in [0.25, 0.3) is 0 Å². The lowest BCUT2D eigenvalue weighted by atomic mass is 10.1. The van der Waals surface area contributed by atoms with E-state index in [4.69, 9.17) is 0 Å². The van der Waals surface area contributed by atoms with Crippen LogP contribution in [0.1, 0.15) is 6.92 Å². The molecule has 1 aliphatic heterocycles. The maximum atomic E-state index is 11.2. The van der Waals surface area contributed by atoms with E-state index in [1.807, 2.05) is 13.2 Å². The predicted molar refractivity (Wildman–Crippen MR) is 61.1 cm³/mol. The number of nitrogens with one attached hydrogen (secondary N) is 1. The Morgan fingerprint density at radius 2 is 2.25 bits per heavy atom. The quantitative estimate of drug-likeness (QED) is 0.455. The molecule has 0 aliphatic carbocycles. The Morgan fingerprint density at radius 1 is 1.67 bits per heavy atom. The molecule has 1 rings (SSSR count). The smallest absolute Gasteiger partial charge is 0.230 e. The highest BCUT2D eigenvalue weighted by atomic mass is 33.5. The standard InChI is InChI=1S/C6H12N2OS3/c1-4-5(9)7-3-8-6(4)12(2,10)11/h3-4,6,10-11H,1-2H3,(H,7,8,9). The van der Waals surface area contributed by atoms with Crippen molar-refractivity contribution in [3.05, 3.63) is 0 Å². The largest absolute Gasteiger partial charge is 0.317 e. The Kier molecular flexibility index (Phi) is 3.01. The van der Waals surface area contributed by atoms with Crippen molar-refractivity contribution >= 4 is 43.7 Å². The highest BCUT2D eigenvalue weighted by molar-refractivity contribution is 9.17. The van der Waals surface area contributed by atoms with E-state index in [0.29, 0.717) is 0 Å². The van der Waals surface area contributed by atoms with Crippen LogP contribution in [0.15, 0.2) is 4.99 Å². The van der Waals surface area contributed by atoms with E-state index in [1.165, 1.54) is 6.34 Å². The zero-order chi connectivity index (χ0) is 9.35. The van der Waals surface area contributed by atoms with Crippen LogP contribution in [0.25, 0.3) is 0 Å². The normalized spacial score (nSPS) is 31.5. The van der Waals surface area contributed by atoms with E-state index >= 15 is 0 Å². The van der Waals surface area contributed by atoms with Crippen LogP contribution in [0.4, 0.5) is 0 Å². The molecule has 0 bridgehead atoms. The van der Waals surface area contributed by atoms with Gasteiger partial charge in [0, 0.05) is 0 Å². The van der Waals surface area contributed by atoms with Gasteiger partial charge in [0.05, 0.1) is 12.3 Å². The first-order chi connectivity index (χ1) is 5.43. The number of hydrogen-bond donors (Lipinski definition) is 3. The number of aliphatic imine (C=N–C) groups is 1. The van der Waals surface area contributed by atoms with E-state index in [-0.39, 0.29) is 17.2 Å². The van der Waals surface area contributed by atoms with E-state index < -0.39 is 8.09 Å². The monoisotopic (exact) mass is 224 g/mol. The number of amides is 1. The average molecular weight is 224 g/mol. The first kappa shape index (κ1) is 10.3. The minimum atomic E-state index is -1.38. The minimum absolute atomic E-state index is 0.00294. The number of rotatable bonds is 1. The highest BCUT2D eigenvalue weighted by Gasteiger charge is 2.33. The van der Waals surface area contributed by atoms with Crippen molar-refractivity contribution in [2.24, 2.45) is 10.9 Å². The number of nitrogens with zero attached hydrogens (tertiary/aromatic N) is 1. The lowest BCUT2D eigenvalue weighted by molar-refractivity contribution is -0.123. The summed E-state index contributed by atoms with van der Waals surface area (Å²) < 4.78 is 0. The van der Waals surface area contributed by atoms with E-state index in [1.54, 1.807) is 0 Å². The van der Waals surface area contributed by atoms with Crippen LogP contribution >= 0.6 is 31.4 Å². The van der Waals surface area contributed by atoms with Crippen LogP contribution in [0.5, 0.6) is 0 Å². The molecule has 12 heavy (non-hydrogen) atoms. The van der Waals surface area contributed by atoms with Crippen LogP contribution < -0.4 is 5.32 Å². The van der Waals surface area contributed by atoms with Crippen molar-refractivity contribution < 1.29 is 4.79 Å². The highest BCUT2D eigenvalue weighted by Crippen LogP contribution is 2.60. The zero-order valence-corrected chi connectivity index (χ0v) is 9.50. The summed E-state index contributed by atoms with van der Waals surface area (Å²) in [4.78, 5) is 15.4. The number of carbonyl (C=O) groups excluding carboxylic acids is 1. The number of carbonyl (C=O) groups is 1. The molecule has 2 unspecified atom stereocenters. The molecule has 70 valence electrons. The molecule has 1 N–H and O–H groups in total. The first-order valence-corrected chi connectivity index (χ1v) is 7.68. The summed E-state index contributed by atoms with van der Waals surface area (Å²) in [6, 6.07) is 0. The summed E-state index contributed by atoms with van der Waals surface area (Å²) in [5.41, 5.74) is 0. The Balaban J connectivity index is 2.84. The molecule has 0 aromatic rings. The van der Waals surface area contributed by atoms with Crippen LogP contribution in [0, 0.1) is 5.92 Å². The predicted octanol–water partition coefficient (Wildman–Crippen LogP) is 1.23. The third kappa shape index (κ3) is 2.11. The fourth-order valence-corrected chi connectivity index (χ4v) is 3.68. The van der Waals surface area contributed by atoms with Crippen molar-refractivity contribution in [3.8, 4) is 0 Å². The van der Waals surface area contributed by atoms with Gasteiger partial charge in [-0.25, -0.2) is 0 Å². The third-order valence-corrected chi connectivity index (χ3v) is 4.47. The molecule has 0 saturated heterocycles. The fourth-order valence-electron chi connectivity index (χ4n) is 1.07. The second-order valence-corrected chi connectivity index (χ2v) is 10.5. The Bertz CT molecular complexity index is 223. The van der Waals surface area contributed by atoms with Gasteiger partial charge in [0.1, 0.15) is 5.37 Å². The molecule has 0 spiro atoms. The van der Waals surface area contributed by atoms with Gasteiger partial charge in [0.2, 0.25) is 5.91 Å². The molecule has 1 heterocycles. The van der Waals surface area contributed by atoms with Gasteiger partial charge in [-0.3, -0.25) is 9.79 Å². The van der Waals surface area contributed by atoms with Crippen molar-refractivity contribution in [1.82, 2.24) is 5.32 Å². The SMILES string of the molecule is CC1C(=O)NC=NC1S(C)(S)S. The average Bonchev–Trinajstić information content (AvgIpc) is 1.92. The summed E-state index contributed by atoms with van der Waals surface area (Å²) in [5.74, 6) is -0.137. The summed E-state index contributed by atoms with van der Waals surface area (Å²) in [5, 5.41) is 2.46. The molecule has 0 aromatic heterocycles. The van der Waals surface area contributed by atoms with Gasteiger partial charge < -0.3 is 5.32 Å². The van der Waals surface area contributed by atoms with Gasteiger partial charge in [-0.2, -0.15) is 0 Å². The summed E-state index contributed by atoms with van der Waals surface area (Å²) in [6.45, 7) is 1.84. The van der Waals surface area contributed by atoms with Gasteiger partial charge in [0.15, 0.2) is 0 Å². The van der Waals surface area contributed by atoms with E-state index in [2.05, 4.69) is 33.6 Å². The van der Waals surface area contributed by atoms with E-state index in [9.17, 15) is 4.79 Å². The summed E-state index contributed by atoms with van der Waals surface area (Å²) in [7, 11) is -1.38. The van der Waals surface area contributed by atoms with Gasteiger partial charge in [-0.1, -0.05) is 6.92 Å². The molecule has 0 aromatic carbocycles. The molecule has 0 saturated carbocycles. The fraction of sp³-hybridized carbons (Fsp3) is 0.667. The molecule has 3 nitrogen and oxygen atoms in total. The summed E-state index contributed by atoms with van der Waals surface area (Å²) >= 11 is 8.70. The van der Waals surface area contributed by atoms with Gasteiger partial charge >= 0.3 is 0 Å². The molecular weight excluding hydrogens is 212 g/mol.